The zero-order valence-corrected chi connectivity index (χ0v) is 21.2. The number of benzene rings is 1. The summed E-state index contributed by atoms with van der Waals surface area (Å²) in [6, 6.07) is 8.82. The maximum Gasteiger partial charge on any atom is 3.00 e. The van der Waals surface area contributed by atoms with Crippen molar-refractivity contribution in [3.8, 4) is 0 Å². The number of hydrogen-bond acceptors (Lipinski definition) is 4. The third-order valence-corrected chi connectivity index (χ3v) is 3.23. The Kier molecular flexibility index (Phi) is 37.0. The Morgan fingerprint density at radius 1 is 1.11 bits per heavy atom. The van der Waals surface area contributed by atoms with Gasteiger partial charge in [0.2, 0.25) is 5.91 Å². The van der Waals surface area contributed by atoms with Gasteiger partial charge in [0.15, 0.2) is 0 Å². The smallest absolute Gasteiger partial charge is 0.605 e. The normalized spacial score (nSPS) is 15.6. The number of nitrogens with zero attached hydrogens (tertiary/aromatic N) is 2. The summed E-state index contributed by atoms with van der Waals surface area (Å²) in [7, 11) is 1.25. The van der Waals surface area contributed by atoms with Crippen molar-refractivity contribution in [2.45, 2.75) is 25.2 Å². The maximum absolute atomic E-state index is 12.0. The molecular formula is C20H35N2O4Rh2-4. The van der Waals surface area contributed by atoms with E-state index in [1.165, 1.54) is 12.0 Å². The molecular weight excluding hydrogens is 538 g/mol. The van der Waals surface area contributed by atoms with Crippen molar-refractivity contribution in [2.24, 2.45) is 0 Å². The van der Waals surface area contributed by atoms with E-state index in [0.717, 1.165) is 5.56 Å². The Labute approximate surface area is 199 Å². The summed E-state index contributed by atoms with van der Waals surface area (Å²) in [5, 5.41) is 13.5. The average Bonchev–Trinajstić information content (AvgIpc) is 2.87. The molecule has 0 aliphatic carbocycles. The van der Waals surface area contributed by atoms with Gasteiger partial charge in [0, 0.05) is 38.8 Å². The van der Waals surface area contributed by atoms with Crippen LogP contribution in [0, 0.1) is 44.6 Å². The molecule has 2 atom stereocenters. The predicted molar refractivity (Wildman–Crippen MR) is 110 cm³/mol. The largest absolute Gasteiger partial charge is 3.00 e. The second kappa shape index (κ2) is 22.6. The van der Waals surface area contributed by atoms with Gasteiger partial charge in [-0.2, -0.15) is 0 Å². The van der Waals surface area contributed by atoms with E-state index in [1.54, 1.807) is 0 Å². The van der Waals surface area contributed by atoms with Crippen molar-refractivity contribution in [3.63, 3.8) is 0 Å². The molecule has 1 radical (unpaired) electrons. The van der Waals surface area contributed by atoms with Crippen LogP contribution in [0.3, 0.4) is 0 Å². The van der Waals surface area contributed by atoms with E-state index < -0.39 is 18.4 Å². The molecule has 1 saturated heterocycles. The molecule has 0 spiro atoms. The Morgan fingerprint density at radius 3 is 2.07 bits per heavy atom. The second-order valence-electron chi connectivity index (χ2n) is 4.57. The molecule has 1 amide bonds. The number of rotatable bonds is 4. The molecule has 1 aliphatic rings. The summed E-state index contributed by atoms with van der Waals surface area (Å²) in [6.07, 6.45) is -0.404. The fourth-order valence-electron chi connectivity index (χ4n) is 2.11. The number of amides is 1. The summed E-state index contributed by atoms with van der Waals surface area (Å²) in [4.78, 5) is 24.6. The minimum atomic E-state index is -1.26. The Morgan fingerprint density at radius 2 is 1.61 bits per heavy atom. The van der Waals surface area contributed by atoms with Crippen molar-refractivity contribution in [2.75, 3.05) is 13.7 Å². The monoisotopic (exact) mass is 573 g/mol. The van der Waals surface area contributed by atoms with Crippen LogP contribution in [-0.2, 0) is 59.7 Å². The molecule has 1 heterocycles. The van der Waals surface area contributed by atoms with Crippen LogP contribution in [0.5, 0.6) is 0 Å². The first kappa shape index (κ1) is 45.8. The number of ether oxygens (including phenoxy) is 1. The molecule has 8 heteroatoms. The van der Waals surface area contributed by atoms with Gasteiger partial charge in [-0.15, -0.1) is 0 Å². The number of esters is 1. The van der Waals surface area contributed by atoms with Crippen LogP contribution >= 0.6 is 0 Å². The average molecular weight is 573 g/mol. The van der Waals surface area contributed by atoms with Crippen LogP contribution in [0.25, 0.3) is 5.32 Å². The molecule has 1 N–H and O–H groups in total. The van der Waals surface area contributed by atoms with Gasteiger partial charge in [-0.25, -0.2) is 0 Å². The Bertz CT molecular complexity index is 490. The van der Waals surface area contributed by atoms with Crippen molar-refractivity contribution in [1.82, 2.24) is 4.90 Å². The molecule has 1 aliphatic heterocycles. The number of carbonyl (C=O) groups excluding carboxylic acids is 2. The van der Waals surface area contributed by atoms with Gasteiger partial charge in [0.25, 0.3) is 5.97 Å². The fourth-order valence-corrected chi connectivity index (χ4v) is 2.11. The van der Waals surface area contributed by atoms with Gasteiger partial charge in [-0.3, -0.25) is 9.59 Å². The first-order valence-electron chi connectivity index (χ1n) is 6.41. The number of hydrogen-bond donors (Lipinski definition) is 1. The van der Waals surface area contributed by atoms with Crippen molar-refractivity contribution in [1.29, 1.82) is 0 Å². The van der Waals surface area contributed by atoms with Gasteiger partial charge in [0.1, 0.15) is 0 Å². The van der Waals surface area contributed by atoms with Gasteiger partial charge >= 0.3 is 19.5 Å². The van der Waals surface area contributed by atoms with E-state index >= 15 is 0 Å². The molecule has 171 valence electrons. The van der Waals surface area contributed by atoms with Crippen LogP contribution < -0.4 is 0 Å². The summed E-state index contributed by atoms with van der Waals surface area (Å²) in [5.74, 6) is -0.765. The quantitative estimate of drug-likeness (QED) is 0.341. The number of aryl methyl sites for hydroxylation is 1. The molecule has 0 aromatic heterocycles. The van der Waals surface area contributed by atoms with Gasteiger partial charge in [-0.05, 0) is 18.0 Å². The maximum atomic E-state index is 12.0. The molecule has 0 bridgehead atoms. The third-order valence-electron chi connectivity index (χ3n) is 3.23. The third kappa shape index (κ3) is 12.7. The Balaban J connectivity index is -0.000000110. The van der Waals surface area contributed by atoms with Crippen molar-refractivity contribution < 1.29 is 58.4 Å². The van der Waals surface area contributed by atoms with E-state index in [2.05, 4.69) is 10.1 Å². The van der Waals surface area contributed by atoms with Crippen LogP contribution in [0.2, 0.25) is 0 Å². The number of aliphatic hydroxyl groups is 1. The van der Waals surface area contributed by atoms with E-state index in [-0.39, 0.29) is 102 Å². The predicted octanol–water partition coefficient (Wildman–Crippen LogP) is 3.35. The van der Waals surface area contributed by atoms with Gasteiger partial charge in [0.05, 0.1) is 7.11 Å². The molecule has 28 heavy (non-hydrogen) atoms. The van der Waals surface area contributed by atoms with E-state index in [9.17, 15) is 14.7 Å². The first-order chi connectivity index (χ1) is 9.61. The van der Waals surface area contributed by atoms with Crippen LogP contribution in [0.4, 0.5) is 0 Å². The first-order valence-corrected chi connectivity index (χ1v) is 6.41. The van der Waals surface area contributed by atoms with Crippen molar-refractivity contribution in [3.05, 3.63) is 85.8 Å². The van der Waals surface area contributed by atoms with Gasteiger partial charge in [-0.1, -0.05) is 30.3 Å². The molecule has 6 nitrogen and oxygen atoms in total. The number of aliphatic hydroxyl groups excluding tert-OH is 1. The molecule has 2 rings (SSSR count). The topological polar surface area (TPSA) is 80.9 Å². The standard InChI is InChI=1S/C14H17N2O4.6CH3.2Rh/c1-20-13(18)11-9-16(14(19)15-11)12(17)8-7-10-5-3-2-4-6-10;;;;;;;;/h2-6,11,14,19H,7-9H2,1H3;6*1H3;;/q7*-1;;+3/t11-,14?;;;;;;;;/m0......../s1. The number of carbonyl (C=O) groups is 2. The minimum absolute atomic E-state index is 0. The Hall–Kier alpha value is -0.673. The molecule has 0 saturated carbocycles. The van der Waals surface area contributed by atoms with Crippen molar-refractivity contribution >= 4 is 11.9 Å². The summed E-state index contributed by atoms with van der Waals surface area (Å²) < 4.78 is 4.56. The summed E-state index contributed by atoms with van der Waals surface area (Å²) >= 11 is 0. The van der Waals surface area contributed by atoms with Crippen LogP contribution in [0.1, 0.15) is 12.0 Å². The van der Waals surface area contributed by atoms with E-state index in [4.69, 9.17) is 0 Å². The van der Waals surface area contributed by atoms with E-state index in [1.807, 2.05) is 30.3 Å². The van der Waals surface area contributed by atoms with Crippen LogP contribution in [-0.4, -0.2) is 47.9 Å². The van der Waals surface area contributed by atoms with Gasteiger partial charge < -0.3 is 64.6 Å². The molecule has 1 unspecified atom stereocenters. The minimum Gasteiger partial charge on any atom is -0.605 e. The molecule has 1 aromatic carbocycles. The second-order valence-corrected chi connectivity index (χ2v) is 4.57. The summed E-state index contributed by atoms with van der Waals surface area (Å²) in [5.41, 5.74) is 1.05. The SMILES string of the molecule is COC(=O)[C@@H]1CN(C(=O)CCc2ccccc2)C(O)[N-]1.[CH3-].[CH3-].[CH3-].[CH3-].[CH3-].[CH3-].[Rh+3].[Rh]. The zero-order valence-electron chi connectivity index (χ0n) is 17.9. The fraction of sp³-hybridized carbons (Fsp3) is 0.300. The summed E-state index contributed by atoms with van der Waals surface area (Å²) in [6.45, 7) is 0.0709. The van der Waals surface area contributed by atoms with E-state index in [0.29, 0.717) is 6.42 Å². The van der Waals surface area contributed by atoms with Crippen LogP contribution in [0.15, 0.2) is 30.3 Å². The number of methoxy groups -OCH3 is 1. The molecule has 1 fully saturated rings. The zero-order chi connectivity index (χ0) is 14.5. The molecule has 1 aromatic rings.